The normalized spacial score (nSPS) is 23.2. The molecule has 0 aromatic rings. The topological polar surface area (TPSA) is 112 Å². The highest BCUT2D eigenvalue weighted by atomic mass is 16.4. The van der Waals surface area contributed by atoms with Crippen molar-refractivity contribution in [3.63, 3.8) is 0 Å². The standard InChI is InChI=1S/C18H24O6/c1-10(16(19)20)7-13-5-4-6-14(8-11(2)17(21)22)15(13)9-12(3)18(23)24/h13-15H,1-9H2,(H,19,20)(H,21,22)(H,23,24). The third-order valence-corrected chi connectivity index (χ3v) is 4.77. The molecule has 0 spiro atoms. The van der Waals surface area contributed by atoms with E-state index in [1.54, 1.807) is 0 Å². The van der Waals surface area contributed by atoms with Crippen LogP contribution in [0.15, 0.2) is 36.5 Å². The fraction of sp³-hybridized carbons (Fsp3) is 0.500. The molecular weight excluding hydrogens is 312 g/mol. The maximum atomic E-state index is 11.1. The Kier molecular flexibility index (Phi) is 6.95. The largest absolute Gasteiger partial charge is 0.478 e. The van der Waals surface area contributed by atoms with Crippen LogP contribution < -0.4 is 0 Å². The van der Waals surface area contributed by atoms with Gasteiger partial charge in [0.1, 0.15) is 0 Å². The molecule has 1 rings (SSSR count). The van der Waals surface area contributed by atoms with Crippen LogP contribution in [0.5, 0.6) is 0 Å². The van der Waals surface area contributed by atoms with E-state index in [2.05, 4.69) is 19.7 Å². The summed E-state index contributed by atoms with van der Waals surface area (Å²) in [6, 6.07) is 0. The van der Waals surface area contributed by atoms with Gasteiger partial charge in [-0.2, -0.15) is 0 Å². The van der Waals surface area contributed by atoms with Crippen molar-refractivity contribution in [1.29, 1.82) is 0 Å². The van der Waals surface area contributed by atoms with Crippen LogP contribution in [-0.4, -0.2) is 33.2 Å². The Morgan fingerprint density at radius 3 is 1.38 bits per heavy atom. The van der Waals surface area contributed by atoms with Crippen LogP contribution in [0.4, 0.5) is 0 Å². The minimum absolute atomic E-state index is 0.0509. The Morgan fingerprint density at radius 1 is 0.708 bits per heavy atom. The first-order valence-electron chi connectivity index (χ1n) is 7.86. The summed E-state index contributed by atoms with van der Waals surface area (Å²) in [5.41, 5.74) is 0.228. The van der Waals surface area contributed by atoms with Crippen molar-refractivity contribution in [2.75, 3.05) is 0 Å². The monoisotopic (exact) mass is 336 g/mol. The molecule has 0 saturated heterocycles. The second-order valence-corrected chi connectivity index (χ2v) is 6.45. The number of aliphatic carboxylic acids is 3. The van der Waals surface area contributed by atoms with Gasteiger partial charge in [0.25, 0.3) is 0 Å². The van der Waals surface area contributed by atoms with Gasteiger partial charge in [0, 0.05) is 16.7 Å². The van der Waals surface area contributed by atoms with Crippen molar-refractivity contribution in [3.05, 3.63) is 36.5 Å². The molecule has 1 aliphatic carbocycles. The third kappa shape index (κ3) is 5.37. The predicted molar refractivity (Wildman–Crippen MR) is 88.5 cm³/mol. The Bertz CT molecular complexity index is 538. The van der Waals surface area contributed by atoms with E-state index in [0.717, 1.165) is 19.3 Å². The molecule has 0 aromatic carbocycles. The zero-order chi connectivity index (χ0) is 18.4. The van der Waals surface area contributed by atoms with Gasteiger partial charge in [-0.05, 0) is 49.9 Å². The van der Waals surface area contributed by atoms with Crippen molar-refractivity contribution in [2.45, 2.75) is 38.5 Å². The van der Waals surface area contributed by atoms with Gasteiger partial charge >= 0.3 is 17.9 Å². The molecule has 0 bridgehead atoms. The lowest BCUT2D eigenvalue weighted by Crippen LogP contribution is -2.31. The molecule has 1 fully saturated rings. The highest BCUT2D eigenvalue weighted by Gasteiger charge is 2.35. The molecule has 0 aromatic heterocycles. The van der Waals surface area contributed by atoms with Crippen LogP contribution in [0.25, 0.3) is 0 Å². The van der Waals surface area contributed by atoms with E-state index in [1.807, 2.05) is 0 Å². The van der Waals surface area contributed by atoms with E-state index < -0.39 is 17.9 Å². The molecule has 6 nitrogen and oxygen atoms in total. The van der Waals surface area contributed by atoms with Crippen molar-refractivity contribution >= 4 is 17.9 Å². The first-order chi connectivity index (χ1) is 11.1. The molecule has 0 radical (unpaired) electrons. The fourth-order valence-corrected chi connectivity index (χ4v) is 3.47. The van der Waals surface area contributed by atoms with Gasteiger partial charge in [-0.15, -0.1) is 0 Å². The Labute approximate surface area is 141 Å². The lowest BCUT2D eigenvalue weighted by atomic mass is 9.66. The van der Waals surface area contributed by atoms with Gasteiger partial charge in [-0.1, -0.05) is 26.2 Å². The molecule has 3 N–H and O–H groups in total. The van der Waals surface area contributed by atoms with E-state index in [4.69, 9.17) is 15.3 Å². The Balaban J connectivity index is 2.98. The van der Waals surface area contributed by atoms with E-state index >= 15 is 0 Å². The zero-order valence-electron chi connectivity index (χ0n) is 13.7. The molecule has 1 saturated carbocycles. The molecule has 1 aliphatic rings. The molecule has 0 heterocycles. The Hall–Kier alpha value is -2.37. The summed E-state index contributed by atoms with van der Waals surface area (Å²) in [6.07, 6.45) is 3.11. The lowest BCUT2D eigenvalue weighted by Gasteiger charge is -2.39. The van der Waals surface area contributed by atoms with Crippen LogP contribution in [0.3, 0.4) is 0 Å². The minimum Gasteiger partial charge on any atom is -0.478 e. The highest BCUT2D eigenvalue weighted by Crippen LogP contribution is 2.43. The Morgan fingerprint density at radius 2 is 1.04 bits per heavy atom. The van der Waals surface area contributed by atoms with Crippen LogP contribution in [-0.2, 0) is 14.4 Å². The highest BCUT2D eigenvalue weighted by molar-refractivity contribution is 5.86. The van der Waals surface area contributed by atoms with E-state index in [0.29, 0.717) is 0 Å². The van der Waals surface area contributed by atoms with Gasteiger partial charge in [-0.3, -0.25) is 0 Å². The van der Waals surface area contributed by atoms with Crippen molar-refractivity contribution < 1.29 is 29.7 Å². The molecule has 2 unspecified atom stereocenters. The molecule has 0 aliphatic heterocycles. The quantitative estimate of drug-likeness (QED) is 0.558. The summed E-state index contributed by atoms with van der Waals surface area (Å²) in [7, 11) is 0. The predicted octanol–water partition coefficient (Wildman–Crippen LogP) is 3.11. The lowest BCUT2D eigenvalue weighted by molar-refractivity contribution is -0.134. The maximum absolute atomic E-state index is 11.1. The van der Waals surface area contributed by atoms with E-state index in [9.17, 15) is 14.4 Å². The summed E-state index contributed by atoms with van der Waals surface area (Å²) in [6.45, 7) is 10.7. The average molecular weight is 336 g/mol. The summed E-state index contributed by atoms with van der Waals surface area (Å²) in [4.78, 5) is 33.2. The second-order valence-electron chi connectivity index (χ2n) is 6.45. The SMILES string of the molecule is C=C(CC1CCCC(CC(=C)C(=O)O)C1CC(=C)C(=O)O)C(=O)O. The number of carbonyl (C=O) groups is 3. The number of hydrogen-bond donors (Lipinski definition) is 3. The van der Waals surface area contributed by atoms with Gasteiger partial charge < -0.3 is 15.3 Å². The third-order valence-electron chi connectivity index (χ3n) is 4.77. The number of carboxylic acid groups (broad SMARTS) is 3. The van der Waals surface area contributed by atoms with Gasteiger partial charge in [-0.25, -0.2) is 14.4 Å². The van der Waals surface area contributed by atoms with Crippen LogP contribution >= 0.6 is 0 Å². The van der Waals surface area contributed by atoms with Gasteiger partial charge in [0.05, 0.1) is 0 Å². The van der Waals surface area contributed by atoms with Crippen molar-refractivity contribution in [2.24, 2.45) is 17.8 Å². The van der Waals surface area contributed by atoms with E-state index in [1.165, 1.54) is 0 Å². The second kappa shape index (κ2) is 8.47. The van der Waals surface area contributed by atoms with Crippen LogP contribution in [0, 0.1) is 17.8 Å². The summed E-state index contributed by atoms with van der Waals surface area (Å²) in [5, 5.41) is 27.2. The average Bonchev–Trinajstić information content (AvgIpc) is 2.49. The summed E-state index contributed by atoms with van der Waals surface area (Å²) >= 11 is 0. The molecule has 2 atom stereocenters. The van der Waals surface area contributed by atoms with Crippen molar-refractivity contribution in [1.82, 2.24) is 0 Å². The van der Waals surface area contributed by atoms with Crippen LogP contribution in [0.1, 0.15) is 38.5 Å². The van der Waals surface area contributed by atoms with Gasteiger partial charge in [0.2, 0.25) is 0 Å². The molecule has 132 valence electrons. The molecular formula is C18H24O6. The maximum Gasteiger partial charge on any atom is 0.330 e. The van der Waals surface area contributed by atoms with Gasteiger partial charge in [0.15, 0.2) is 0 Å². The summed E-state index contributed by atoms with van der Waals surface area (Å²) in [5.74, 6) is -3.47. The first kappa shape index (κ1) is 19.7. The number of carboxylic acids is 3. The fourth-order valence-electron chi connectivity index (χ4n) is 3.47. The van der Waals surface area contributed by atoms with E-state index in [-0.39, 0.29) is 53.7 Å². The smallest absolute Gasteiger partial charge is 0.330 e. The first-order valence-corrected chi connectivity index (χ1v) is 7.86. The zero-order valence-corrected chi connectivity index (χ0v) is 13.7. The molecule has 24 heavy (non-hydrogen) atoms. The van der Waals surface area contributed by atoms with Crippen LogP contribution in [0.2, 0.25) is 0 Å². The summed E-state index contributed by atoms with van der Waals surface area (Å²) < 4.78 is 0. The number of rotatable bonds is 9. The van der Waals surface area contributed by atoms with Crippen molar-refractivity contribution in [3.8, 4) is 0 Å². The molecule has 6 heteroatoms. The minimum atomic E-state index is -1.09. The number of hydrogen-bond acceptors (Lipinski definition) is 3. The molecule has 0 amide bonds.